The predicted octanol–water partition coefficient (Wildman–Crippen LogP) is 3.31. The summed E-state index contributed by atoms with van der Waals surface area (Å²) in [5, 5.41) is 3.62. The Hall–Kier alpha value is -1.35. The summed E-state index contributed by atoms with van der Waals surface area (Å²) in [5.41, 5.74) is 3.56. The summed E-state index contributed by atoms with van der Waals surface area (Å²) < 4.78 is 0. The number of nitrogens with zero attached hydrogens (tertiary/aromatic N) is 1. The van der Waals surface area contributed by atoms with Gasteiger partial charge in [0.05, 0.1) is 0 Å². The molecule has 1 saturated heterocycles. The van der Waals surface area contributed by atoms with Crippen LogP contribution in [0.3, 0.4) is 0 Å². The van der Waals surface area contributed by atoms with Crippen LogP contribution in [-0.2, 0) is 4.79 Å². The molecule has 1 N–H and O–H groups in total. The summed E-state index contributed by atoms with van der Waals surface area (Å²) >= 11 is 0. The molecule has 2 aliphatic rings. The van der Waals surface area contributed by atoms with E-state index in [9.17, 15) is 4.79 Å². The lowest BCUT2D eigenvalue weighted by Gasteiger charge is -2.26. The molecule has 1 aromatic rings. The number of rotatable bonds is 4. The molecule has 3 nitrogen and oxygen atoms in total. The quantitative estimate of drug-likeness (QED) is 0.921. The lowest BCUT2D eigenvalue weighted by atomic mass is 10.0. The molecule has 0 radical (unpaired) electrons. The minimum Gasteiger partial charge on any atom is -0.321 e. The Bertz CT molecular complexity index is 560. The van der Waals surface area contributed by atoms with E-state index in [1.54, 1.807) is 0 Å². The zero-order valence-corrected chi connectivity index (χ0v) is 13.6. The maximum atomic E-state index is 12.7. The molecule has 0 bridgehead atoms. The first kappa shape index (κ1) is 14.6. The van der Waals surface area contributed by atoms with Crippen LogP contribution in [0.2, 0.25) is 0 Å². The van der Waals surface area contributed by atoms with Gasteiger partial charge in [0.15, 0.2) is 0 Å². The van der Waals surface area contributed by atoms with E-state index in [1.807, 2.05) is 0 Å². The molecule has 1 heterocycles. The Labute approximate surface area is 127 Å². The monoisotopic (exact) mass is 286 g/mol. The van der Waals surface area contributed by atoms with Crippen molar-refractivity contribution in [3.8, 4) is 0 Å². The normalized spacial score (nSPS) is 23.4. The van der Waals surface area contributed by atoms with Crippen LogP contribution in [0.15, 0.2) is 18.2 Å². The lowest BCUT2D eigenvalue weighted by molar-refractivity contribution is -0.131. The van der Waals surface area contributed by atoms with E-state index in [0.29, 0.717) is 11.8 Å². The van der Waals surface area contributed by atoms with Crippen LogP contribution in [0.5, 0.6) is 0 Å². The van der Waals surface area contributed by atoms with Crippen LogP contribution in [-0.4, -0.2) is 22.9 Å². The first-order valence-electron chi connectivity index (χ1n) is 8.09. The zero-order valence-electron chi connectivity index (χ0n) is 13.6. The minimum absolute atomic E-state index is 0.0550. The predicted molar refractivity (Wildman–Crippen MR) is 84.9 cm³/mol. The number of aryl methyl sites for hydroxylation is 2. The van der Waals surface area contributed by atoms with Crippen molar-refractivity contribution in [3.63, 3.8) is 0 Å². The molecule has 0 aromatic heterocycles. The highest BCUT2D eigenvalue weighted by Gasteiger charge is 2.59. The number of hydrogen-bond acceptors (Lipinski definition) is 2. The number of carbonyl (C=O) groups excluding carboxylic acids is 1. The van der Waals surface area contributed by atoms with Crippen LogP contribution in [0, 0.1) is 19.8 Å². The fraction of sp³-hybridized carbons (Fsp3) is 0.611. The van der Waals surface area contributed by atoms with E-state index >= 15 is 0 Å². The van der Waals surface area contributed by atoms with Crippen molar-refractivity contribution in [2.24, 2.45) is 5.92 Å². The van der Waals surface area contributed by atoms with Gasteiger partial charge in [-0.2, -0.15) is 0 Å². The van der Waals surface area contributed by atoms with Crippen molar-refractivity contribution in [1.82, 2.24) is 10.2 Å². The molecule has 2 fully saturated rings. The third kappa shape index (κ3) is 2.59. The molecule has 1 unspecified atom stereocenters. The van der Waals surface area contributed by atoms with Gasteiger partial charge in [-0.3, -0.25) is 10.1 Å². The van der Waals surface area contributed by atoms with Crippen molar-refractivity contribution in [1.29, 1.82) is 0 Å². The Balaban J connectivity index is 1.89. The average molecular weight is 286 g/mol. The van der Waals surface area contributed by atoms with E-state index in [1.165, 1.54) is 16.7 Å². The fourth-order valence-electron chi connectivity index (χ4n) is 3.28. The second-order valence-corrected chi connectivity index (χ2v) is 7.17. The third-order valence-electron chi connectivity index (χ3n) is 4.81. The molecule has 1 aliphatic heterocycles. The van der Waals surface area contributed by atoms with Crippen molar-refractivity contribution in [2.75, 3.05) is 6.54 Å². The molecule has 1 aliphatic carbocycles. The van der Waals surface area contributed by atoms with Crippen molar-refractivity contribution in [2.45, 2.75) is 58.7 Å². The van der Waals surface area contributed by atoms with Crippen LogP contribution in [0.1, 0.15) is 56.0 Å². The highest BCUT2D eigenvalue weighted by atomic mass is 16.2. The Kier molecular flexibility index (Phi) is 3.56. The second-order valence-electron chi connectivity index (χ2n) is 7.17. The summed E-state index contributed by atoms with van der Waals surface area (Å²) in [6.07, 6.45) is 3.10. The fourth-order valence-corrected chi connectivity index (χ4v) is 3.28. The smallest absolute Gasteiger partial charge is 0.244 e. The molecule has 3 heteroatoms. The molecule has 3 rings (SSSR count). The van der Waals surface area contributed by atoms with Crippen LogP contribution in [0.4, 0.5) is 0 Å². The lowest BCUT2D eigenvalue weighted by Crippen LogP contribution is -2.33. The first-order chi connectivity index (χ1) is 9.93. The largest absolute Gasteiger partial charge is 0.321 e. The summed E-state index contributed by atoms with van der Waals surface area (Å²) in [5.74, 6) is 0.932. The van der Waals surface area contributed by atoms with E-state index in [4.69, 9.17) is 0 Å². The summed E-state index contributed by atoms with van der Waals surface area (Å²) in [7, 11) is 0. The number of hydrogen-bond donors (Lipinski definition) is 1. The Morgan fingerprint density at radius 1 is 1.33 bits per heavy atom. The van der Waals surface area contributed by atoms with Gasteiger partial charge in [0.1, 0.15) is 11.7 Å². The van der Waals surface area contributed by atoms with Crippen LogP contribution in [0.25, 0.3) is 0 Å². The van der Waals surface area contributed by atoms with Gasteiger partial charge in [0.25, 0.3) is 0 Å². The molecular formula is C18H26N2O. The van der Waals surface area contributed by atoms with E-state index in [-0.39, 0.29) is 11.7 Å². The minimum atomic E-state index is -0.237. The highest BCUT2D eigenvalue weighted by Crippen LogP contribution is 2.46. The molecule has 1 saturated carbocycles. The standard InChI is InChI=1S/C18H26N2O/c1-12(2)7-10-20-16(19-18(8-9-18)17(20)21)15-6-5-13(3)11-14(15)4/h5-6,11-12,16,19H,7-10H2,1-4H3. The molecular weight excluding hydrogens is 260 g/mol. The molecule has 1 aromatic carbocycles. The Morgan fingerprint density at radius 3 is 2.62 bits per heavy atom. The Morgan fingerprint density at radius 2 is 2.05 bits per heavy atom. The van der Waals surface area contributed by atoms with Crippen molar-refractivity contribution >= 4 is 5.91 Å². The molecule has 21 heavy (non-hydrogen) atoms. The zero-order chi connectivity index (χ0) is 15.2. The van der Waals surface area contributed by atoms with Gasteiger partial charge in [-0.15, -0.1) is 0 Å². The molecule has 1 spiro atoms. The van der Waals surface area contributed by atoms with E-state index in [0.717, 1.165) is 25.8 Å². The number of benzene rings is 1. The summed E-state index contributed by atoms with van der Waals surface area (Å²) in [6.45, 7) is 9.54. The molecule has 114 valence electrons. The third-order valence-corrected chi connectivity index (χ3v) is 4.81. The van der Waals surface area contributed by atoms with Crippen molar-refractivity contribution < 1.29 is 4.79 Å². The topological polar surface area (TPSA) is 32.3 Å². The van der Waals surface area contributed by atoms with Gasteiger partial charge >= 0.3 is 0 Å². The second kappa shape index (κ2) is 5.13. The van der Waals surface area contributed by atoms with Crippen LogP contribution >= 0.6 is 0 Å². The molecule has 1 atom stereocenters. The number of carbonyl (C=O) groups is 1. The van der Waals surface area contributed by atoms with Crippen LogP contribution < -0.4 is 5.32 Å². The SMILES string of the molecule is Cc1ccc(C2NC3(CC3)C(=O)N2CCC(C)C)c(C)c1. The first-order valence-corrected chi connectivity index (χ1v) is 8.09. The van der Waals surface area contributed by atoms with Gasteiger partial charge in [-0.05, 0) is 50.2 Å². The number of amides is 1. The van der Waals surface area contributed by atoms with Crippen molar-refractivity contribution in [3.05, 3.63) is 34.9 Å². The molecule has 1 amide bonds. The van der Waals surface area contributed by atoms with E-state index < -0.39 is 0 Å². The average Bonchev–Trinajstić information content (AvgIpc) is 3.12. The van der Waals surface area contributed by atoms with Gasteiger partial charge in [-0.1, -0.05) is 37.6 Å². The number of nitrogens with one attached hydrogen (secondary N) is 1. The van der Waals surface area contributed by atoms with Gasteiger partial charge < -0.3 is 4.90 Å². The highest BCUT2D eigenvalue weighted by molar-refractivity contribution is 5.92. The maximum absolute atomic E-state index is 12.7. The van der Waals surface area contributed by atoms with Gasteiger partial charge in [0.2, 0.25) is 5.91 Å². The summed E-state index contributed by atoms with van der Waals surface area (Å²) in [6, 6.07) is 6.53. The maximum Gasteiger partial charge on any atom is 0.244 e. The van der Waals surface area contributed by atoms with Gasteiger partial charge in [0, 0.05) is 6.54 Å². The van der Waals surface area contributed by atoms with Gasteiger partial charge in [-0.25, -0.2) is 0 Å². The van der Waals surface area contributed by atoms with E-state index in [2.05, 4.69) is 56.1 Å². The summed E-state index contributed by atoms with van der Waals surface area (Å²) in [4.78, 5) is 14.8.